The Hall–Kier alpha value is -1.38. The molecule has 5 fully saturated rings. The SMILES string of the molecule is CC(C)(O)CCC[C@@](C)(O)[C@H]1CC[C@]2(C)[C@@H]1[C@H](O)C[C@@H]1[C@@]3(C)CC[C@H](NC(=O)C4CCN(C(=O)OC(C)(C)C)CC4)C(C)(C)[C@@H]3CC[C@]12C. The summed E-state index contributed by atoms with van der Waals surface area (Å²) in [7, 11) is 0. The van der Waals surface area contributed by atoms with Crippen LogP contribution in [0.4, 0.5) is 4.79 Å². The number of carbonyl (C=O) groups is 2. The first-order chi connectivity index (χ1) is 22.4. The fraction of sp³-hybridized carbons (Fsp3) is 0.951. The lowest BCUT2D eigenvalue weighted by Crippen LogP contribution is -2.67. The predicted octanol–water partition coefficient (Wildman–Crippen LogP) is 7.47. The maximum Gasteiger partial charge on any atom is 0.410 e. The van der Waals surface area contributed by atoms with Gasteiger partial charge in [0, 0.05) is 25.0 Å². The summed E-state index contributed by atoms with van der Waals surface area (Å²) in [6.07, 6.45) is 9.59. The van der Waals surface area contributed by atoms with Gasteiger partial charge in [-0.1, -0.05) is 34.6 Å². The van der Waals surface area contributed by atoms with E-state index in [0.717, 1.165) is 51.4 Å². The van der Waals surface area contributed by atoms with Crippen molar-refractivity contribution in [2.24, 2.45) is 51.2 Å². The van der Waals surface area contributed by atoms with Gasteiger partial charge in [-0.25, -0.2) is 4.79 Å². The summed E-state index contributed by atoms with van der Waals surface area (Å²) in [6.45, 7) is 24.6. The summed E-state index contributed by atoms with van der Waals surface area (Å²) in [6, 6.07) is 0.0954. The lowest BCUT2D eigenvalue weighted by Gasteiger charge is -2.71. The fourth-order valence-corrected chi connectivity index (χ4v) is 12.7. The minimum Gasteiger partial charge on any atom is -0.444 e. The number of fused-ring (bicyclic) bond motifs is 5. The molecule has 8 heteroatoms. The highest BCUT2D eigenvalue weighted by atomic mass is 16.6. The van der Waals surface area contributed by atoms with E-state index < -0.39 is 22.9 Å². The van der Waals surface area contributed by atoms with Crippen LogP contribution in [0.2, 0.25) is 0 Å². The number of ether oxygens (including phenoxy) is 1. The number of rotatable bonds is 7. The van der Waals surface area contributed by atoms with Gasteiger partial charge in [-0.05, 0) is 164 Å². The molecule has 4 aliphatic carbocycles. The number of piperidine rings is 1. The largest absolute Gasteiger partial charge is 0.444 e. The Kier molecular flexibility index (Phi) is 10.3. The van der Waals surface area contributed by atoms with E-state index in [2.05, 4.69) is 39.9 Å². The maximum atomic E-state index is 13.7. The van der Waals surface area contributed by atoms with Crippen molar-refractivity contribution in [1.29, 1.82) is 0 Å². The number of hydrogen-bond acceptors (Lipinski definition) is 6. The van der Waals surface area contributed by atoms with Crippen LogP contribution in [0, 0.1) is 51.2 Å². The van der Waals surface area contributed by atoms with Crippen molar-refractivity contribution in [3.05, 3.63) is 0 Å². The van der Waals surface area contributed by atoms with Gasteiger partial charge in [-0.2, -0.15) is 0 Å². The summed E-state index contributed by atoms with van der Waals surface area (Å²) in [4.78, 5) is 28.0. The van der Waals surface area contributed by atoms with Gasteiger partial charge in [0.1, 0.15) is 5.60 Å². The lowest BCUT2D eigenvalue weighted by atomic mass is 9.35. The van der Waals surface area contributed by atoms with Crippen molar-refractivity contribution >= 4 is 12.0 Å². The van der Waals surface area contributed by atoms with Crippen LogP contribution < -0.4 is 5.32 Å². The average Bonchev–Trinajstić information content (AvgIpc) is 3.35. The third-order valence-electron chi connectivity index (χ3n) is 15.5. The molecule has 4 saturated carbocycles. The van der Waals surface area contributed by atoms with E-state index in [1.54, 1.807) is 4.90 Å². The van der Waals surface area contributed by atoms with Gasteiger partial charge in [0.2, 0.25) is 5.91 Å². The quantitative estimate of drug-likeness (QED) is 0.221. The zero-order chi connectivity index (χ0) is 36.6. The molecule has 4 N–H and O–H groups in total. The van der Waals surface area contributed by atoms with Crippen molar-refractivity contribution in [2.75, 3.05) is 13.1 Å². The van der Waals surface area contributed by atoms with Crippen LogP contribution in [-0.2, 0) is 9.53 Å². The molecule has 1 saturated heterocycles. The van der Waals surface area contributed by atoms with Gasteiger partial charge < -0.3 is 30.3 Å². The minimum atomic E-state index is -0.871. The minimum absolute atomic E-state index is 0.0519. The van der Waals surface area contributed by atoms with Crippen LogP contribution in [-0.4, -0.2) is 74.3 Å². The molecule has 0 spiro atoms. The first-order valence-corrected chi connectivity index (χ1v) is 19.8. The van der Waals surface area contributed by atoms with E-state index in [0.29, 0.717) is 50.6 Å². The monoisotopic (exact) mass is 689 g/mol. The summed E-state index contributed by atoms with van der Waals surface area (Å²) in [5, 5.41) is 37.8. The Labute approximate surface area is 297 Å². The van der Waals surface area contributed by atoms with Gasteiger partial charge in [-0.3, -0.25) is 4.79 Å². The topological polar surface area (TPSA) is 119 Å². The van der Waals surface area contributed by atoms with Crippen molar-refractivity contribution in [3.8, 4) is 0 Å². The molecule has 0 aromatic rings. The number of aliphatic hydroxyl groups excluding tert-OH is 1. The molecule has 282 valence electrons. The van der Waals surface area contributed by atoms with Crippen LogP contribution >= 0.6 is 0 Å². The number of carbonyl (C=O) groups excluding carboxylic acids is 2. The Morgan fingerprint density at radius 3 is 2.02 bits per heavy atom. The van der Waals surface area contributed by atoms with Crippen molar-refractivity contribution < 1.29 is 29.6 Å². The molecule has 2 amide bonds. The molecule has 0 bridgehead atoms. The standard InChI is InChI=1S/C41H72N2O6/c1-35(2,3)49-34(46)43-23-16-26(17-24-43)33(45)42-31-15-20-38(8)29(37(31,6)7)14-22-39(9)30(38)25-28(44)32-27(13-21-40(32,39)10)41(11,48)19-12-18-36(4,5)47/h26-32,44,47-48H,12-25H2,1-11H3,(H,42,45)/t27-,28+,29-,30+,31-,32-,38-,39+,40+,41+/m0/s1. The molecule has 0 aromatic carbocycles. The predicted molar refractivity (Wildman–Crippen MR) is 194 cm³/mol. The van der Waals surface area contributed by atoms with Gasteiger partial charge >= 0.3 is 6.09 Å². The first kappa shape index (κ1) is 38.8. The molecule has 5 aliphatic rings. The molecular weight excluding hydrogens is 616 g/mol. The van der Waals surface area contributed by atoms with Crippen LogP contribution in [0.5, 0.6) is 0 Å². The molecule has 8 nitrogen and oxygen atoms in total. The average molecular weight is 689 g/mol. The van der Waals surface area contributed by atoms with E-state index in [-0.39, 0.29) is 57.5 Å². The van der Waals surface area contributed by atoms with Gasteiger partial charge in [0.05, 0.1) is 17.3 Å². The second kappa shape index (κ2) is 12.9. The maximum absolute atomic E-state index is 13.7. The number of aliphatic hydroxyl groups is 3. The van der Waals surface area contributed by atoms with Crippen LogP contribution in [0.3, 0.4) is 0 Å². The van der Waals surface area contributed by atoms with E-state index in [1.807, 2.05) is 41.5 Å². The zero-order valence-electron chi connectivity index (χ0n) is 33.0. The molecule has 10 atom stereocenters. The van der Waals surface area contributed by atoms with Crippen molar-refractivity contribution in [2.45, 2.75) is 182 Å². The highest BCUT2D eigenvalue weighted by Gasteiger charge is 2.71. The highest BCUT2D eigenvalue weighted by Crippen LogP contribution is 2.75. The van der Waals surface area contributed by atoms with Gasteiger partial charge in [0.15, 0.2) is 0 Å². The highest BCUT2D eigenvalue weighted by molar-refractivity contribution is 5.79. The van der Waals surface area contributed by atoms with Crippen LogP contribution in [0.25, 0.3) is 0 Å². The second-order valence-electron chi connectivity index (χ2n) is 20.6. The van der Waals surface area contributed by atoms with E-state index >= 15 is 0 Å². The summed E-state index contributed by atoms with van der Waals surface area (Å²) in [5.74, 6) is 0.960. The van der Waals surface area contributed by atoms with E-state index in [1.165, 1.54) is 0 Å². The number of hydrogen-bond donors (Lipinski definition) is 4. The number of nitrogens with one attached hydrogen (secondary N) is 1. The molecule has 1 aliphatic heterocycles. The molecule has 0 aromatic heterocycles. The smallest absolute Gasteiger partial charge is 0.410 e. The molecule has 49 heavy (non-hydrogen) atoms. The number of likely N-dealkylation sites (tertiary alicyclic amines) is 1. The third-order valence-corrected chi connectivity index (χ3v) is 15.5. The Balaban J connectivity index is 1.26. The third kappa shape index (κ3) is 7.06. The molecular formula is C41H72N2O6. The van der Waals surface area contributed by atoms with Gasteiger partial charge in [0.25, 0.3) is 0 Å². The molecule has 1 heterocycles. The first-order valence-electron chi connectivity index (χ1n) is 19.8. The Bertz CT molecular complexity index is 1230. The van der Waals surface area contributed by atoms with Crippen molar-refractivity contribution in [1.82, 2.24) is 10.2 Å². The van der Waals surface area contributed by atoms with Gasteiger partial charge in [-0.15, -0.1) is 0 Å². The normalized spacial score (nSPS) is 40.8. The zero-order valence-corrected chi connectivity index (χ0v) is 33.0. The lowest BCUT2D eigenvalue weighted by molar-refractivity contribution is -0.238. The van der Waals surface area contributed by atoms with Crippen LogP contribution in [0.1, 0.15) is 153 Å². The summed E-state index contributed by atoms with van der Waals surface area (Å²) >= 11 is 0. The number of nitrogens with zero attached hydrogens (tertiary/aromatic N) is 1. The van der Waals surface area contributed by atoms with Crippen molar-refractivity contribution in [3.63, 3.8) is 0 Å². The number of amides is 2. The van der Waals surface area contributed by atoms with Crippen LogP contribution in [0.15, 0.2) is 0 Å². The molecule has 0 radical (unpaired) electrons. The fourth-order valence-electron chi connectivity index (χ4n) is 12.7. The summed E-state index contributed by atoms with van der Waals surface area (Å²) < 4.78 is 5.56. The Morgan fingerprint density at radius 1 is 0.816 bits per heavy atom. The van der Waals surface area contributed by atoms with E-state index in [9.17, 15) is 24.9 Å². The Morgan fingerprint density at radius 2 is 1.43 bits per heavy atom. The molecule has 0 unspecified atom stereocenters. The molecule has 5 rings (SSSR count). The second-order valence-corrected chi connectivity index (χ2v) is 20.6. The van der Waals surface area contributed by atoms with E-state index in [4.69, 9.17) is 4.74 Å². The summed E-state index contributed by atoms with van der Waals surface area (Å²) in [5.41, 5.74) is -2.17.